The Kier molecular flexibility index (Phi) is 9.44. The molecule has 0 fully saturated rings. The summed E-state index contributed by atoms with van der Waals surface area (Å²) >= 11 is 0. The normalized spacial score (nSPS) is 13.4. The van der Waals surface area contributed by atoms with Gasteiger partial charge in [0, 0.05) is 16.5 Å². The first-order chi connectivity index (χ1) is 30.9. The number of rotatable bonds is 11. The maximum absolute atomic E-state index is 13.5. The molecule has 10 rings (SSSR count). The number of nitrogens with zero attached hydrogens (tertiary/aromatic N) is 6. The largest absolute Gasteiger partial charge is 0.497 e. The van der Waals surface area contributed by atoms with Gasteiger partial charge in [0.05, 0.1) is 29.4 Å². The third-order valence-electron chi connectivity index (χ3n) is 11.2. The van der Waals surface area contributed by atoms with E-state index in [4.69, 9.17) is 23.0 Å². The summed E-state index contributed by atoms with van der Waals surface area (Å²) in [4.78, 5) is 55.2. The fourth-order valence-electron chi connectivity index (χ4n) is 7.51. The number of aryl methyl sites for hydroxylation is 1. The van der Waals surface area contributed by atoms with Gasteiger partial charge in [-0.2, -0.15) is 9.80 Å². The van der Waals surface area contributed by atoms with Crippen LogP contribution in [-0.4, -0.2) is 51.1 Å². The average molecular weight is 851 g/mol. The van der Waals surface area contributed by atoms with E-state index >= 15 is 0 Å². The average Bonchev–Trinajstić information content (AvgIpc) is 4.10. The van der Waals surface area contributed by atoms with E-state index in [-0.39, 0.29) is 46.1 Å². The van der Waals surface area contributed by atoms with Crippen molar-refractivity contribution in [2.45, 2.75) is 26.2 Å². The van der Waals surface area contributed by atoms with Crippen molar-refractivity contribution in [2.24, 2.45) is 0 Å². The first-order valence-electron chi connectivity index (χ1n) is 20.0. The van der Waals surface area contributed by atoms with E-state index in [1.807, 2.05) is 79.7 Å². The number of hydrogen-bond donors (Lipinski definition) is 0. The van der Waals surface area contributed by atoms with Crippen molar-refractivity contribution in [3.05, 3.63) is 172 Å². The lowest BCUT2D eigenvalue weighted by molar-refractivity contribution is 0.0902. The van der Waals surface area contributed by atoms with Gasteiger partial charge in [-0.05, 0) is 115 Å². The summed E-state index contributed by atoms with van der Waals surface area (Å²) in [5, 5.41) is 16.0. The van der Waals surface area contributed by atoms with Crippen LogP contribution in [0.4, 0.5) is 12.0 Å². The van der Waals surface area contributed by atoms with Gasteiger partial charge in [-0.3, -0.25) is 19.2 Å². The van der Waals surface area contributed by atoms with Crippen molar-refractivity contribution < 1.29 is 42.2 Å². The molecule has 0 unspecified atom stereocenters. The molecule has 0 saturated carbocycles. The lowest BCUT2D eigenvalue weighted by Gasteiger charge is -2.26. The molecule has 4 amide bonds. The van der Waals surface area contributed by atoms with Crippen LogP contribution in [0.3, 0.4) is 0 Å². The molecule has 0 aliphatic carbocycles. The summed E-state index contributed by atoms with van der Waals surface area (Å²) in [6.45, 7) is 6.15. The number of carbonyl (C=O) groups excluding carboxylic acids is 4. The lowest BCUT2D eigenvalue weighted by atomic mass is 9.78. The van der Waals surface area contributed by atoms with Crippen LogP contribution >= 0.6 is 0 Å². The molecule has 15 heteroatoms. The molecule has 0 saturated heterocycles. The first kappa shape index (κ1) is 39.4. The van der Waals surface area contributed by atoms with Crippen molar-refractivity contribution in [3.8, 4) is 51.7 Å². The standard InChI is InChI=1S/C49H34N6O9/c1-27-5-7-28(8-6-27)41-50-52-47(63-41)54-43(56)37-23-21-35(25-39(37)45(54)58)61-33-17-11-30(12-18-33)49(2,3)31-13-19-34(20-14-31)62-36-22-24-38-40(26-36)46(59)55(44(38)57)48-53-51-42(64-48)29-9-15-32(60-4)16-10-29/h5-26H,1-4H3. The minimum Gasteiger partial charge on any atom is -0.497 e. The summed E-state index contributed by atoms with van der Waals surface area (Å²) in [5.74, 6) is 0.439. The highest BCUT2D eigenvalue weighted by Crippen LogP contribution is 2.38. The number of benzene rings is 6. The van der Waals surface area contributed by atoms with Crippen molar-refractivity contribution in [2.75, 3.05) is 16.9 Å². The van der Waals surface area contributed by atoms with Crippen molar-refractivity contribution >= 4 is 35.7 Å². The maximum Gasteiger partial charge on any atom is 0.332 e. The van der Waals surface area contributed by atoms with Crippen molar-refractivity contribution in [1.82, 2.24) is 20.4 Å². The Bertz CT molecular complexity index is 3160. The topological polar surface area (TPSA) is 180 Å². The van der Waals surface area contributed by atoms with Gasteiger partial charge in [-0.25, -0.2) is 0 Å². The number of anilines is 2. The zero-order chi connectivity index (χ0) is 44.3. The van der Waals surface area contributed by atoms with Crippen LogP contribution in [0, 0.1) is 6.92 Å². The number of ether oxygens (including phenoxy) is 3. The second-order valence-corrected chi connectivity index (χ2v) is 15.6. The molecule has 314 valence electrons. The molecule has 2 aliphatic heterocycles. The SMILES string of the molecule is COc1ccc(-c2nnc(N3C(=O)c4ccc(Oc5ccc(C(C)(C)c6ccc(Oc7ccc8c(c7)C(=O)N(c7nnc(-c9ccc(C)cc9)o7)C8=O)cc6)cc5)cc4C3=O)o2)cc1. The van der Waals surface area contributed by atoms with Gasteiger partial charge in [-0.1, -0.05) is 66.0 Å². The molecule has 6 aromatic carbocycles. The summed E-state index contributed by atoms with van der Waals surface area (Å²) in [6.07, 6.45) is 0. The van der Waals surface area contributed by atoms with E-state index in [9.17, 15) is 19.2 Å². The third-order valence-corrected chi connectivity index (χ3v) is 11.2. The Hall–Kier alpha value is -8.72. The molecule has 2 aromatic heterocycles. The minimum absolute atomic E-state index is 0.145. The Morgan fingerprint density at radius 2 is 0.828 bits per heavy atom. The molecule has 15 nitrogen and oxygen atoms in total. The molecule has 0 N–H and O–H groups in total. The van der Waals surface area contributed by atoms with Crippen LogP contribution in [-0.2, 0) is 5.41 Å². The molecule has 0 spiro atoms. The van der Waals surface area contributed by atoms with Crippen molar-refractivity contribution in [3.63, 3.8) is 0 Å². The van der Waals surface area contributed by atoms with Gasteiger partial charge in [0.2, 0.25) is 11.8 Å². The summed E-state index contributed by atoms with van der Waals surface area (Å²) in [5.41, 5.74) is 4.61. The monoisotopic (exact) mass is 850 g/mol. The number of imide groups is 2. The van der Waals surface area contributed by atoms with Gasteiger partial charge in [0.25, 0.3) is 23.6 Å². The van der Waals surface area contributed by atoms with Crippen LogP contribution in [0.1, 0.15) is 72.0 Å². The Morgan fingerprint density at radius 1 is 0.453 bits per heavy atom. The molecule has 64 heavy (non-hydrogen) atoms. The lowest BCUT2D eigenvalue weighted by Crippen LogP contribution is -2.29. The molecular formula is C49H34N6O9. The summed E-state index contributed by atoms with van der Waals surface area (Å²) < 4.78 is 28.9. The zero-order valence-corrected chi connectivity index (χ0v) is 34.6. The number of carbonyl (C=O) groups is 4. The van der Waals surface area contributed by atoms with E-state index < -0.39 is 29.0 Å². The Labute approximate surface area is 364 Å². The molecule has 0 bridgehead atoms. The number of fused-ring (bicyclic) bond motifs is 2. The van der Waals surface area contributed by atoms with E-state index in [0.29, 0.717) is 39.9 Å². The first-order valence-corrected chi connectivity index (χ1v) is 20.0. The third kappa shape index (κ3) is 6.90. The van der Waals surface area contributed by atoms with Crippen LogP contribution < -0.4 is 24.0 Å². The van der Waals surface area contributed by atoms with Crippen LogP contribution in [0.25, 0.3) is 22.9 Å². The predicted molar refractivity (Wildman–Crippen MR) is 231 cm³/mol. The van der Waals surface area contributed by atoms with Crippen molar-refractivity contribution in [1.29, 1.82) is 0 Å². The molecule has 4 heterocycles. The second kappa shape index (κ2) is 15.3. The second-order valence-electron chi connectivity index (χ2n) is 15.6. The zero-order valence-electron chi connectivity index (χ0n) is 34.6. The highest BCUT2D eigenvalue weighted by Gasteiger charge is 2.42. The number of aromatic nitrogens is 4. The smallest absolute Gasteiger partial charge is 0.332 e. The summed E-state index contributed by atoms with van der Waals surface area (Å²) in [6, 6.07) is 38.5. The van der Waals surface area contributed by atoms with Gasteiger partial charge in [0.15, 0.2) is 0 Å². The van der Waals surface area contributed by atoms with Gasteiger partial charge < -0.3 is 23.0 Å². The molecular weight excluding hydrogens is 817 g/mol. The van der Waals surface area contributed by atoms with E-state index in [1.165, 1.54) is 18.2 Å². The molecule has 2 aliphatic rings. The fraction of sp³-hybridized carbons (Fsp3) is 0.102. The molecule has 8 aromatic rings. The highest BCUT2D eigenvalue weighted by molar-refractivity contribution is 6.34. The fourth-order valence-corrected chi connectivity index (χ4v) is 7.51. The van der Waals surface area contributed by atoms with E-state index in [1.54, 1.807) is 49.6 Å². The van der Waals surface area contributed by atoms with Gasteiger partial charge >= 0.3 is 12.0 Å². The van der Waals surface area contributed by atoms with Crippen LogP contribution in [0.2, 0.25) is 0 Å². The number of hydrogen-bond acceptors (Lipinski definition) is 13. The van der Waals surface area contributed by atoms with Gasteiger partial charge in [0.1, 0.15) is 28.7 Å². The predicted octanol–water partition coefficient (Wildman–Crippen LogP) is 9.62. The van der Waals surface area contributed by atoms with Crippen LogP contribution in [0.5, 0.6) is 28.7 Å². The van der Waals surface area contributed by atoms with Crippen LogP contribution in [0.15, 0.2) is 142 Å². The maximum atomic E-state index is 13.5. The molecule has 0 radical (unpaired) electrons. The highest BCUT2D eigenvalue weighted by atomic mass is 16.5. The van der Waals surface area contributed by atoms with Gasteiger partial charge in [-0.15, -0.1) is 10.2 Å². The summed E-state index contributed by atoms with van der Waals surface area (Å²) in [7, 11) is 1.56. The minimum atomic E-state index is -0.607. The van der Waals surface area contributed by atoms with E-state index in [2.05, 4.69) is 34.2 Å². The molecule has 0 atom stereocenters. The Balaban J connectivity index is 0.784. The Morgan fingerprint density at radius 3 is 1.25 bits per heavy atom. The number of methoxy groups -OCH3 is 1. The number of amides is 4. The van der Waals surface area contributed by atoms with E-state index in [0.717, 1.165) is 26.5 Å². The quantitative estimate of drug-likeness (QED) is 0.112.